The van der Waals surface area contributed by atoms with Crippen LogP contribution in [0.1, 0.15) is 12.5 Å². The molecule has 0 spiro atoms. The third-order valence-corrected chi connectivity index (χ3v) is 6.16. The van der Waals surface area contributed by atoms with Crippen LogP contribution in [0.5, 0.6) is 23.1 Å². The van der Waals surface area contributed by atoms with Gasteiger partial charge in [-0.05, 0) is 55.0 Å². The van der Waals surface area contributed by atoms with E-state index in [1.54, 1.807) is 28.3 Å². The summed E-state index contributed by atoms with van der Waals surface area (Å²) in [4.78, 5) is 12.6. The molecule has 2 heterocycles. The molecular weight excluding hydrogens is 474 g/mol. The van der Waals surface area contributed by atoms with Crippen LogP contribution in [0.25, 0.3) is 33.2 Å². The predicted octanol–water partition coefficient (Wildman–Crippen LogP) is 6.66. The zero-order valence-corrected chi connectivity index (χ0v) is 21.1. The number of aromatic nitrogens is 1. The number of carbonyl (C=O) groups is 1. The van der Waals surface area contributed by atoms with Crippen LogP contribution in [0.4, 0.5) is 4.79 Å². The summed E-state index contributed by atoms with van der Waals surface area (Å²) in [5.41, 5.74) is 4.35. The van der Waals surface area contributed by atoms with Gasteiger partial charge in [0.15, 0.2) is 5.58 Å². The Hall–Kier alpha value is -4.59. The summed E-state index contributed by atoms with van der Waals surface area (Å²) in [6, 6.07) is 20.8. The third-order valence-electron chi connectivity index (χ3n) is 6.16. The quantitative estimate of drug-likeness (QED) is 0.220. The molecule has 0 aliphatic rings. The Kier molecular flexibility index (Phi) is 6.64. The number of fused-ring (bicyclic) bond motifs is 3. The van der Waals surface area contributed by atoms with Crippen LogP contribution in [0.3, 0.4) is 0 Å². The molecule has 0 radical (unpaired) electrons. The minimum atomic E-state index is -0.805. The molecule has 5 aromatic rings. The fourth-order valence-corrected chi connectivity index (χ4v) is 4.47. The second kappa shape index (κ2) is 10.2. The van der Waals surface area contributed by atoms with Crippen LogP contribution in [0.2, 0.25) is 0 Å². The standard InChI is InChI=1S/C29H27NO7/c1-5-35-29(31)37-28-25(18-10-12-20(32-2)13-11-18)27-26(22-8-6-7-9-24(22)36-27)30(28)17-19-16-21(33-3)14-15-23(19)34-4/h6-16H,5,17H2,1-4H3. The summed E-state index contributed by atoms with van der Waals surface area (Å²) in [5, 5.41) is 0.882. The molecule has 8 heteroatoms. The number of para-hydroxylation sites is 1. The van der Waals surface area contributed by atoms with Crippen LogP contribution >= 0.6 is 0 Å². The number of ether oxygens (including phenoxy) is 5. The maximum absolute atomic E-state index is 12.6. The summed E-state index contributed by atoms with van der Waals surface area (Å²) in [6.07, 6.45) is -0.805. The molecule has 0 aliphatic heterocycles. The normalized spacial score (nSPS) is 11.0. The molecule has 3 aromatic carbocycles. The van der Waals surface area contributed by atoms with E-state index in [2.05, 4.69) is 0 Å². The van der Waals surface area contributed by atoms with E-state index in [4.69, 9.17) is 28.1 Å². The van der Waals surface area contributed by atoms with E-state index in [1.165, 1.54) is 0 Å². The minimum Gasteiger partial charge on any atom is -0.497 e. The average Bonchev–Trinajstić information content (AvgIpc) is 3.43. The van der Waals surface area contributed by atoms with Crippen molar-refractivity contribution in [3.8, 4) is 34.3 Å². The van der Waals surface area contributed by atoms with E-state index in [9.17, 15) is 4.79 Å². The van der Waals surface area contributed by atoms with E-state index in [0.29, 0.717) is 40.8 Å². The van der Waals surface area contributed by atoms with Gasteiger partial charge in [-0.1, -0.05) is 24.3 Å². The molecule has 0 unspecified atom stereocenters. The monoisotopic (exact) mass is 501 g/mol. The van der Waals surface area contributed by atoms with Gasteiger partial charge in [0.25, 0.3) is 0 Å². The lowest BCUT2D eigenvalue weighted by Gasteiger charge is -2.15. The largest absolute Gasteiger partial charge is 0.515 e. The lowest BCUT2D eigenvalue weighted by atomic mass is 10.1. The molecule has 0 saturated carbocycles. The van der Waals surface area contributed by atoms with E-state index in [1.807, 2.05) is 71.3 Å². The molecule has 0 bridgehead atoms. The van der Waals surface area contributed by atoms with Crippen molar-refractivity contribution in [2.24, 2.45) is 0 Å². The number of hydrogen-bond donors (Lipinski definition) is 0. The van der Waals surface area contributed by atoms with Crippen molar-refractivity contribution < 1.29 is 32.9 Å². The Labute approximate surface area is 213 Å². The van der Waals surface area contributed by atoms with Gasteiger partial charge in [0.2, 0.25) is 5.88 Å². The first kappa shape index (κ1) is 24.1. The van der Waals surface area contributed by atoms with Gasteiger partial charge in [-0.2, -0.15) is 0 Å². The molecule has 0 amide bonds. The second-order valence-electron chi connectivity index (χ2n) is 8.23. The van der Waals surface area contributed by atoms with Crippen molar-refractivity contribution >= 4 is 28.2 Å². The van der Waals surface area contributed by atoms with E-state index in [-0.39, 0.29) is 6.61 Å². The topological polar surface area (TPSA) is 81.3 Å². The van der Waals surface area contributed by atoms with Crippen LogP contribution in [0.15, 0.2) is 71.1 Å². The molecule has 37 heavy (non-hydrogen) atoms. The molecule has 0 aliphatic carbocycles. The van der Waals surface area contributed by atoms with E-state index in [0.717, 1.165) is 27.6 Å². The average molecular weight is 502 g/mol. The van der Waals surface area contributed by atoms with Gasteiger partial charge in [-0.15, -0.1) is 0 Å². The fourth-order valence-electron chi connectivity index (χ4n) is 4.47. The summed E-state index contributed by atoms with van der Waals surface area (Å²) >= 11 is 0. The van der Waals surface area contributed by atoms with Crippen LogP contribution in [0, 0.1) is 0 Å². The zero-order chi connectivity index (χ0) is 25.9. The highest BCUT2D eigenvalue weighted by Crippen LogP contribution is 2.46. The summed E-state index contributed by atoms with van der Waals surface area (Å²) in [5.74, 6) is 2.36. The summed E-state index contributed by atoms with van der Waals surface area (Å²) in [7, 11) is 4.84. The number of nitrogens with zero attached hydrogens (tertiary/aromatic N) is 1. The van der Waals surface area contributed by atoms with Gasteiger partial charge in [0, 0.05) is 10.9 Å². The first-order valence-corrected chi connectivity index (χ1v) is 11.8. The van der Waals surface area contributed by atoms with Crippen LogP contribution in [-0.4, -0.2) is 38.7 Å². The van der Waals surface area contributed by atoms with Crippen molar-refractivity contribution in [1.82, 2.24) is 4.57 Å². The highest BCUT2D eigenvalue weighted by molar-refractivity contribution is 6.10. The first-order valence-electron chi connectivity index (χ1n) is 11.8. The van der Waals surface area contributed by atoms with Gasteiger partial charge in [0.1, 0.15) is 22.8 Å². The van der Waals surface area contributed by atoms with E-state index < -0.39 is 6.16 Å². The molecule has 0 N–H and O–H groups in total. The Morgan fingerprint density at radius 2 is 1.62 bits per heavy atom. The Morgan fingerprint density at radius 3 is 2.32 bits per heavy atom. The second-order valence-corrected chi connectivity index (χ2v) is 8.23. The van der Waals surface area contributed by atoms with Gasteiger partial charge >= 0.3 is 6.16 Å². The first-order chi connectivity index (χ1) is 18.1. The minimum absolute atomic E-state index is 0.181. The van der Waals surface area contributed by atoms with E-state index >= 15 is 0 Å². The fraction of sp³-hybridized carbons (Fsp3) is 0.207. The molecule has 0 atom stereocenters. The number of hydrogen-bond acceptors (Lipinski definition) is 7. The maximum atomic E-state index is 12.6. The molecule has 0 saturated heterocycles. The Morgan fingerprint density at radius 1 is 0.892 bits per heavy atom. The van der Waals surface area contributed by atoms with Crippen molar-refractivity contribution in [3.05, 3.63) is 72.3 Å². The molecular formula is C29H27NO7. The lowest BCUT2D eigenvalue weighted by molar-refractivity contribution is 0.101. The SMILES string of the molecule is CCOC(=O)Oc1c(-c2ccc(OC)cc2)c2oc3ccccc3c2n1Cc1cc(OC)ccc1OC. The molecule has 0 fully saturated rings. The van der Waals surface area contributed by atoms with Crippen molar-refractivity contribution in [3.63, 3.8) is 0 Å². The molecule has 5 rings (SSSR count). The van der Waals surface area contributed by atoms with Crippen LogP contribution in [-0.2, 0) is 11.3 Å². The molecule has 2 aromatic heterocycles. The summed E-state index contributed by atoms with van der Waals surface area (Å²) < 4.78 is 35.7. The van der Waals surface area contributed by atoms with Gasteiger partial charge < -0.3 is 32.7 Å². The van der Waals surface area contributed by atoms with Gasteiger partial charge in [0.05, 0.1) is 45.6 Å². The number of methoxy groups -OCH3 is 3. The predicted molar refractivity (Wildman–Crippen MR) is 140 cm³/mol. The van der Waals surface area contributed by atoms with Gasteiger partial charge in [-0.25, -0.2) is 4.79 Å². The third kappa shape index (κ3) is 4.42. The summed E-state index contributed by atoms with van der Waals surface area (Å²) in [6.45, 7) is 2.22. The number of carbonyl (C=O) groups excluding carboxylic acids is 1. The van der Waals surface area contributed by atoms with Crippen LogP contribution < -0.4 is 18.9 Å². The smallest absolute Gasteiger partial charge is 0.497 e. The lowest BCUT2D eigenvalue weighted by Crippen LogP contribution is -2.14. The highest BCUT2D eigenvalue weighted by atomic mass is 16.7. The zero-order valence-electron chi connectivity index (χ0n) is 21.1. The van der Waals surface area contributed by atoms with Crippen molar-refractivity contribution in [2.75, 3.05) is 27.9 Å². The number of furan rings is 1. The Balaban J connectivity index is 1.81. The molecule has 190 valence electrons. The number of benzene rings is 3. The Bertz CT molecular complexity index is 1560. The highest BCUT2D eigenvalue weighted by Gasteiger charge is 2.28. The van der Waals surface area contributed by atoms with Crippen molar-refractivity contribution in [1.29, 1.82) is 0 Å². The van der Waals surface area contributed by atoms with Gasteiger partial charge in [-0.3, -0.25) is 0 Å². The maximum Gasteiger partial charge on any atom is 0.515 e. The molecule has 8 nitrogen and oxygen atoms in total. The van der Waals surface area contributed by atoms with Crippen molar-refractivity contribution in [2.45, 2.75) is 13.5 Å². The number of rotatable bonds is 8.